The predicted molar refractivity (Wildman–Crippen MR) is 74.0 cm³/mol. The summed E-state index contributed by atoms with van der Waals surface area (Å²) in [5, 5.41) is -0.206. The van der Waals surface area contributed by atoms with Gasteiger partial charge in [-0.05, 0) is 34.5 Å². The Balaban J connectivity index is 0.000000956. The molecule has 110 valence electrons. The van der Waals surface area contributed by atoms with Crippen molar-refractivity contribution in [2.75, 3.05) is 0 Å². The van der Waals surface area contributed by atoms with Crippen LogP contribution in [0.15, 0.2) is 20.1 Å². The summed E-state index contributed by atoms with van der Waals surface area (Å²) >= 11 is 2.83. The highest BCUT2D eigenvalue weighted by atomic mass is 79.9. The van der Waals surface area contributed by atoms with Gasteiger partial charge in [0.1, 0.15) is 0 Å². The number of benzene rings is 1. The molecule has 0 unspecified atom stereocenters. The third-order valence-electron chi connectivity index (χ3n) is 2.51. The quantitative estimate of drug-likeness (QED) is 0.763. The van der Waals surface area contributed by atoms with Crippen molar-refractivity contribution >= 4 is 26.8 Å². The van der Waals surface area contributed by atoms with Crippen LogP contribution in [0.1, 0.15) is 25.0 Å². The SMILES string of the molecule is CC.Cc1c(Br)c(C(F)(F)F)cc2c(=O)[nH]c(=O)[nH]c12. The van der Waals surface area contributed by atoms with Gasteiger partial charge in [0.25, 0.3) is 5.56 Å². The van der Waals surface area contributed by atoms with Crippen molar-refractivity contribution in [3.63, 3.8) is 0 Å². The molecule has 0 amide bonds. The van der Waals surface area contributed by atoms with E-state index in [1.165, 1.54) is 6.92 Å². The zero-order chi connectivity index (χ0) is 15.7. The van der Waals surface area contributed by atoms with Gasteiger partial charge in [-0.15, -0.1) is 0 Å². The molecule has 0 aliphatic carbocycles. The number of aromatic amines is 2. The minimum atomic E-state index is -4.58. The Labute approximate surface area is 120 Å². The Morgan fingerprint density at radius 3 is 2.20 bits per heavy atom. The van der Waals surface area contributed by atoms with E-state index in [1.54, 1.807) is 0 Å². The third-order valence-corrected chi connectivity index (χ3v) is 3.54. The molecule has 2 rings (SSSR count). The van der Waals surface area contributed by atoms with E-state index in [2.05, 4.69) is 20.9 Å². The van der Waals surface area contributed by atoms with Gasteiger partial charge in [-0.2, -0.15) is 13.2 Å². The lowest BCUT2D eigenvalue weighted by Gasteiger charge is -2.12. The minimum Gasteiger partial charge on any atom is -0.307 e. The molecule has 2 aromatic rings. The third kappa shape index (κ3) is 2.95. The van der Waals surface area contributed by atoms with E-state index in [1.807, 2.05) is 18.8 Å². The van der Waals surface area contributed by atoms with E-state index in [4.69, 9.17) is 0 Å². The van der Waals surface area contributed by atoms with Gasteiger partial charge in [-0.25, -0.2) is 4.79 Å². The van der Waals surface area contributed by atoms with Crippen LogP contribution in [0.3, 0.4) is 0 Å². The zero-order valence-corrected chi connectivity index (χ0v) is 12.5. The number of rotatable bonds is 0. The number of halogens is 4. The number of fused-ring (bicyclic) bond motifs is 1. The van der Waals surface area contributed by atoms with Gasteiger partial charge >= 0.3 is 11.9 Å². The van der Waals surface area contributed by atoms with E-state index in [0.29, 0.717) is 6.07 Å². The molecule has 0 saturated heterocycles. The van der Waals surface area contributed by atoms with Crippen molar-refractivity contribution in [3.05, 3.63) is 42.5 Å². The molecule has 0 saturated carbocycles. The molecule has 20 heavy (non-hydrogen) atoms. The molecule has 1 aromatic heterocycles. The topological polar surface area (TPSA) is 65.7 Å². The minimum absolute atomic E-state index is 0.0867. The molecule has 0 aliphatic rings. The smallest absolute Gasteiger partial charge is 0.307 e. The van der Waals surface area contributed by atoms with Crippen LogP contribution in [0.4, 0.5) is 13.2 Å². The average molecular weight is 353 g/mol. The molecule has 0 spiro atoms. The summed E-state index contributed by atoms with van der Waals surface area (Å²) in [5.41, 5.74) is -2.33. The fraction of sp³-hybridized carbons (Fsp3) is 0.333. The van der Waals surface area contributed by atoms with Crippen LogP contribution in [-0.2, 0) is 6.18 Å². The molecule has 0 aliphatic heterocycles. The van der Waals surface area contributed by atoms with Crippen molar-refractivity contribution in [2.45, 2.75) is 26.9 Å². The fourth-order valence-corrected chi connectivity index (χ4v) is 2.19. The van der Waals surface area contributed by atoms with Gasteiger partial charge in [0.2, 0.25) is 0 Å². The second-order valence-corrected chi connectivity index (χ2v) is 4.48. The van der Waals surface area contributed by atoms with Crippen LogP contribution < -0.4 is 11.2 Å². The van der Waals surface area contributed by atoms with Gasteiger partial charge < -0.3 is 4.98 Å². The van der Waals surface area contributed by atoms with Crippen LogP contribution in [0.2, 0.25) is 0 Å². The number of aryl methyl sites for hydroxylation is 1. The summed E-state index contributed by atoms with van der Waals surface area (Å²) in [4.78, 5) is 26.8. The molecule has 0 bridgehead atoms. The lowest BCUT2D eigenvalue weighted by atomic mass is 10.1. The molecule has 1 heterocycles. The number of hydrogen-bond donors (Lipinski definition) is 2. The molecular formula is C12H12BrF3N2O2. The molecule has 8 heteroatoms. The first-order valence-electron chi connectivity index (χ1n) is 5.74. The Morgan fingerprint density at radius 2 is 1.70 bits per heavy atom. The highest BCUT2D eigenvalue weighted by Gasteiger charge is 2.34. The lowest BCUT2D eigenvalue weighted by Crippen LogP contribution is -2.23. The van der Waals surface area contributed by atoms with Crippen molar-refractivity contribution in [2.24, 2.45) is 0 Å². The summed E-state index contributed by atoms with van der Waals surface area (Å²) in [5.74, 6) is 0. The summed E-state index contributed by atoms with van der Waals surface area (Å²) < 4.78 is 38.1. The average Bonchev–Trinajstić information content (AvgIpc) is 2.35. The number of nitrogens with one attached hydrogen (secondary N) is 2. The normalized spacial score (nSPS) is 11.2. The molecule has 0 radical (unpaired) electrons. The van der Waals surface area contributed by atoms with Crippen LogP contribution >= 0.6 is 15.9 Å². The maximum absolute atomic E-state index is 12.8. The van der Waals surface area contributed by atoms with Crippen molar-refractivity contribution < 1.29 is 13.2 Å². The second kappa shape index (κ2) is 5.82. The lowest BCUT2D eigenvalue weighted by molar-refractivity contribution is -0.138. The van der Waals surface area contributed by atoms with Gasteiger partial charge in [0.05, 0.1) is 16.5 Å². The summed E-state index contributed by atoms with van der Waals surface area (Å²) in [7, 11) is 0. The van der Waals surface area contributed by atoms with E-state index >= 15 is 0 Å². The maximum atomic E-state index is 12.8. The number of alkyl halides is 3. The van der Waals surface area contributed by atoms with E-state index < -0.39 is 23.0 Å². The molecule has 0 fully saturated rings. The standard InChI is InChI=1S/C10H6BrF3N2O2.C2H6/c1-3-6(11)5(10(12,13)14)2-4-7(3)15-9(18)16-8(4)17;1-2/h2H,1H3,(H2,15,16,17,18);1-2H3. The second-order valence-electron chi connectivity index (χ2n) is 3.69. The monoisotopic (exact) mass is 352 g/mol. The summed E-state index contributed by atoms with van der Waals surface area (Å²) in [6.07, 6.45) is -4.58. The van der Waals surface area contributed by atoms with Crippen molar-refractivity contribution in [1.82, 2.24) is 9.97 Å². The highest BCUT2D eigenvalue weighted by Crippen LogP contribution is 2.38. The Hall–Kier alpha value is -1.57. The Kier molecular flexibility index (Phi) is 4.80. The summed E-state index contributed by atoms with van der Waals surface area (Å²) in [6, 6.07) is 0.710. The van der Waals surface area contributed by atoms with Gasteiger partial charge in [-0.3, -0.25) is 9.78 Å². The molecular weight excluding hydrogens is 341 g/mol. The molecule has 0 atom stereocenters. The molecule has 1 aromatic carbocycles. The van der Waals surface area contributed by atoms with Crippen LogP contribution in [0.5, 0.6) is 0 Å². The highest BCUT2D eigenvalue weighted by molar-refractivity contribution is 9.10. The van der Waals surface area contributed by atoms with E-state index in [-0.39, 0.29) is 20.9 Å². The van der Waals surface area contributed by atoms with Crippen LogP contribution in [0.25, 0.3) is 10.9 Å². The van der Waals surface area contributed by atoms with Gasteiger partial charge in [-0.1, -0.05) is 13.8 Å². The first kappa shape index (κ1) is 16.5. The predicted octanol–water partition coefficient (Wildman–Crippen LogP) is 3.33. The zero-order valence-electron chi connectivity index (χ0n) is 10.9. The first-order chi connectivity index (χ1) is 9.21. The molecule has 4 nitrogen and oxygen atoms in total. The fourth-order valence-electron chi connectivity index (χ4n) is 1.66. The van der Waals surface area contributed by atoms with Crippen LogP contribution in [-0.4, -0.2) is 9.97 Å². The number of aromatic nitrogens is 2. The van der Waals surface area contributed by atoms with Gasteiger partial charge in [0.15, 0.2) is 0 Å². The summed E-state index contributed by atoms with van der Waals surface area (Å²) in [6.45, 7) is 5.39. The Bertz CT molecular complexity index is 747. The van der Waals surface area contributed by atoms with Crippen molar-refractivity contribution in [3.8, 4) is 0 Å². The largest absolute Gasteiger partial charge is 0.417 e. The van der Waals surface area contributed by atoms with E-state index in [0.717, 1.165) is 0 Å². The van der Waals surface area contributed by atoms with Gasteiger partial charge in [0, 0.05) is 4.47 Å². The first-order valence-corrected chi connectivity index (χ1v) is 6.53. The maximum Gasteiger partial charge on any atom is 0.417 e. The van der Waals surface area contributed by atoms with E-state index in [9.17, 15) is 22.8 Å². The van der Waals surface area contributed by atoms with Crippen LogP contribution in [0, 0.1) is 6.92 Å². The number of hydrogen-bond acceptors (Lipinski definition) is 2. The Morgan fingerprint density at radius 1 is 1.15 bits per heavy atom. The van der Waals surface area contributed by atoms with Crippen molar-refractivity contribution in [1.29, 1.82) is 0 Å². The number of H-pyrrole nitrogens is 2. The molecule has 2 N–H and O–H groups in total.